The molecule has 3 aliphatic rings. The fourth-order valence-electron chi connectivity index (χ4n) is 4.63. The van der Waals surface area contributed by atoms with Crippen molar-refractivity contribution in [2.24, 2.45) is 5.92 Å². The number of piperidine rings is 2. The predicted molar refractivity (Wildman–Crippen MR) is 94.3 cm³/mol. The average molecular weight is 328 g/mol. The smallest absolute Gasteiger partial charge is 0.224 e. The molecule has 1 N–H and O–H groups in total. The number of carbonyl (C=O) groups is 1. The minimum Gasteiger partial charge on any atom is -0.493 e. The first-order valence-electron chi connectivity index (χ1n) is 9.55. The number of nitrogens with one attached hydrogen (secondary N) is 1. The van der Waals surface area contributed by atoms with Crippen LogP contribution in [0.3, 0.4) is 0 Å². The summed E-state index contributed by atoms with van der Waals surface area (Å²) in [4.78, 5) is 15.0. The molecule has 1 aromatic rings. The van der Waals surface area contributed by atoms with Crippen molar-refractivity contribution in [3.63, 3.8) is 0 Å². The van der Waals surface area contributed by atoms with Gasteiger partial charge in [-0.1, -0.05) is 18.6 Å². The van der Waals surface area contributed by atoms with Crippen molar-refractivity contribution in [1.29, 1.82) is 0 Å². The molecule has 2 atom stereocenters. The van der Waals surface area contributed by atoms with Crippen LogP contribution < -0.4 is 10.1 Å². The molecule has 4 heteroatoms. The van der Waals surface area contributed by atoms with Crippen molar-refractivity contribution < 1.29 is 9.53 Å². The van der Waals surface area contributed by atoms with Crippen molar-refractivity contribution in [3.05, 3.63) is 29.3 Å². The molecule has 0 aromatic heterocycles. The lowest BCUT2D eigenvalue weighted by Crippen LogP contribution is -2.51. The van der Waals surface area contributed by atoms with E-state index in [1.807, 2.05) is 6.07 Å². The van der Waals surface area contributed by atoms with Gasteiger partial charge in [0.05, 0.1) is 13.0 Å². The molecule has 1 unspecified atom stereocenters. The number of fused-ring (bicyclic) bond motifs is 2. The normalized spacial score (nSPS) is 26.3. The number of hydrogen-bond acceptors (Lipinski definition) is 3. The zero-order valence-corrected chi connectivity index (χ0v) is 14.4. The van der Waals surface area contributed by atoms with Gasteiger partial charge in [0.25, 0.3) is 0 Å². The molecule has 1 amide bonds. The van der Waals surface area contributed by atoms with E-state index >= 15 is 0 Å². The van der Waals surface area contributed by atoms with Crippen LogP contribution in [0.2, 0.25) is 0 Å². The number of nitrogens with zero attached hydrogens (tertiary/aromatic N) is 1. The molecule has 0 spiro atoms. The molecule has 2 fully saturated rings. The van der Waals surface area contributed by atoms with E-state index in [-0.39, 0.29) is 5.91 Å². The van der Waals surface area contributed by atoms with Gasteiger partial charge in [-0.05, 0) is 61.9 Å². The zero-order chi connectivity index (χ0) is 16.4. The summed E-state index contributed by atoms with van der Waals surface area (Å²) in [7, 11) is 0. The maximum atomic E-state index is 12.3. The van der Waals surface area contributed by atoms with E-state index in [0.29, 0.717) is 18.4 Å². The number of amides is 1. The summed E-state index contributed by atoms with van der Waals surface area (Å²) < 4.78 is 5.60. The molecule has 24 heavy (non-hydrogen) atoms. The van der Waals surface area contributed by atoms with E-state index in [1.165, 1.54) is 50.8 Å². The van der Waals surface area contributed by atoms with E-state index in [2.05, 4.69) is 22.3 Å². The Morgan fingerprint density at radius 1 is 1.21 bits per heavy atom. The van der Waals surface area contributed by atoms with Crippen molar-refractivity contribution in [2.75, 3.05) is 26.2 Å². The van der Waals surface area contributed by atoms with Gasteiger partial charge in [0.15, 0.2) is 0 Å². The number of benzene rings is 1. The van der Waals surface area contributed by atoms with Gasteiger partial charge in [-0.2, -0.15) is 0 Å². The molecule has 1 aromatic carbocycles. The highest BCUT2D eigenvalue weighted by Crippen LogP contribution is 2.30. The lowest BCUT2D eigenvalue weighted by Gasteiger charge is -2.44. The Bertz CT molecular complexity index is 599. The fraction of sp³-hybridized carbons (Fsp3) is 0.650. The second-order valence-electron chi connectivity index (χ2n) is 7.52. The van der Waals surface area contributed by atoms with E-state index in [1.54, 1.807) is 0 Å². The quantitative estimate of drug-likeness (QED) is 0.923. The van der Waals surface area contributed by atoms with Gasteiger partial charge in [-0.15, -0.1) is 0 Å². The number of ether oxygens (including phenoxy) is 1. The van der Waals surface area contributed by atoms with Gasteiger partial charge < -0.3 is 15.0 Å². The van der Waals surface area contributed by atoms with Gasteiger partial charge in [0.2, 0.25) is 5.91 Å². The van der Waals surface area contributed by atoms with Crippen molar-refractivity contribution in [3.8, 4) is 5.75 Å². The zero-order valence-electron chi connectivity index (χ0n) is 14.4. The number of rotatable bonds is 4. The first kappa shape index (κ1) is 15.9. The van der Waals surface area contributed by atoms with Crippen LogP contribution in [-0.4, -0.2) is 43.1 Å². The summed E-state index contributed by atoms with van der Waals surface area (Å²) in [5.41, 5.74) is 2.31. The molecule has 0 bridgehead atoms. The van der Waals surface area contributed by atoms with Crippen LogP contribution in [0.5, 0.6) is 5.75 Å². The highest BCUT2D eigenvalue weighted by Gasteiger charge is 2.32. The Morgan fingerprint density at radius 2 is 2.12 bits per heavy atom. The SMILES string of the molecule is O=C(Cc1ccc2c(c1)OCC2)NC[C@H]1CCCN2CCCCC12. The van der Waals surface area contributed by atoms with Crippen LogP contribution in [0.1, 0.15) is 43.2 Å². The highest BCUT2D eigenvalue weighted by molar-refractivity contribution is 5.78. The maximum absolute atomic E-state index is 12.3. The fourth-order valence-corrected chi connectivity index (χ4v) is 4.63. The van der Waals surface area contributed by atoms with Crippen LogP contribution in [0, 0.1) is 5.92 Å². The van der Waals surface area contributed by atoms with Gasteiger partial charge in [-0.25, -0.2) is 0 Å². The molecule has 0 aliphatic carbocycles. The molecule has 3 aliphatic heterocycles. The minimum atomic E-state index is 0.140. The van der Waals surface area contributed by atoms with E-state index in [9.17, 15) is 4.79 Å². The van der Waals surface area contributed by atoms with Crippen LogP contribution in [0.4, 0.5) is 0 Å². The summed E-state index contributed by atoms with van der Waals surface area (Å²) in [5.74, 6) is 1.73. The van der Waals surface area contributed by atoms with E-state index in [0.717, 1.165) is 30.9 Å². The molecule has 130 valence electrons. The summed E-state index contributed by atoms with van der Waals surface area (Å²) in [6.45, 7) is 4.11. The molecule has 0 radical (unpaired) electrons. The average Bonchev–Trinajstić information content (AvgIpc) is 3.07. The molecule has 0 saturated carbocycles. The molecular formula is C20H28N2O2. The van der Waals surface area contributed by atoms with Gasteiger partial charge >= 0.3 is 0 Å². The van der Waals surface area contributed by atoms with Gasteiger partial charge in [0, 0.05) is 19.0 Å². The summed E-state index contributed by atoms with van der Waals surface area (Å²) in [6.07, 6.45) is 7.98. The molecule has 4 nitrogen and oxygen atoms in total. The molecule has 3 heterocycles. The third kappa shape index (κ3) is 3.44. The molecule has 4 rings (SSSR count). The summed E-state index contributed by atoms with van der Waals surface area (Å²) >= 11 is 0. The second-order valence-corrected chi connectivity index (χ2v) is 7.52. The van der Waals surface area contributed by atoms with Crippen molar-refractivity contribution in [2.45, 2.75) is 51.0 Å². The highest BCUT2D eigenvalue weighted by atomic mass is 16.5. The Hall–Kier alpha value is -1.55. The monoisotopic (exact) mass is 328 g/mol. The van der Waals surface area contributed by atoms with E-state index < -0.39 is 0 Å². The number of carbonyl (C=O) groups excluding carboxylic acids is 1. The van der Waals surface area contributed by atoms with Crippen LogP contribution in [-0.2, 0) is 17.6 Å². The third-order valence-corrected chi connectivity index (χ3v) is 5.92. The lowest BCUT2D eigenvalue weighted by molar-refractivity contribution is -0.120. The van der Waals surface area contributed by atoms with Crippen molar-refractivity contribution >= 4 is 5.91 Å². The third-order valence-electron chi connectivity index (χ3n) is 5.92. The van der Waals surface area contributed by atoms with Crippen LogP contribution in [0.15, 0.2) is 18.2 Å². The first-order valence-corrected chi connectivity index (χ1v) is 9.55. The minimum absolute atomic E-state index is 0.140. The van der Waals surface area contributed by atoms with Gasteiger partial charge in [0.1, 0.15) is 5.75 Å². The molecule has 2 saturated heterocycles. The Kier molecular flexibility index (Phi) is 4.74. The number of hydrogen-bond donors (Lipinski definition) is 1. The lowest BCUT2D eigenvalue weighted by atomic mass is 9.83. The summed E-state index contributed by atoms with van der Waals surface area (Å²) in [5, 5.41) is 3.20. The maximum Gasteiger partial charge on any atom is 0.224 e. The van der Waals surface area contributed by atoms with Gasteiger partial charge in [-0.3, -0.25) is 4.79 Å². The Labute approximate surface area is 144 Å². The van der Waals surface area contributed by atoms with Crippen LogP contribution >= 0.6 is 0 Å². The standard InChI is InChI=1S/C20H28N2O2/c23-20(13-15-6-7-16-8-11-24-19(16)12-15)21-14-17-4-3-10-22-9-2-1-5-18(17)22/h6-7,12,17-18H,1-5,8-11,13-14H2,(H,21,23)/t17-,18?/m1/s1. The van der Waals surface area contributed by atoms with E-state index in [4.69, 9.17) is 4.74 Å². The second kappa shape index (κ2) is 7.14. The topological polar surface area (TPSA) is 41.6 Å². The summed E-state index contributed by atoms with van der Waals surface area (Å²) in [6, 6.07) is 6.90. The van der Waals surface area contributed by atoms with Crippen molar-refractivity contribution in [1.82, 2.24) is 10.2 Å². The first-order chi connectivity index (χ1) is 11.8. The predicted octanol–water partition coefficient (Wildman–Crippen LogP) is 2.54. The molecular weight excluding hydrogens is 300 g/mol. The Morgan fingerprint density at radius 3 is 3.08 bits per heavy atom. The Balaban J connectivity index is 1.30. The largest absolute Gasteiger partial charge is 0.493 e. The van der Waals surface area contributed by atoms with Crippen LogP contribution in [0.25, 0.3) is 0 Å².